The zero-order chi connectivity index (χ0) is 24.5. The van der Waals surface area contributed by atoms with Gasteiger partial charge in [0.05, 0.1) is 11.8 Å². The third-order valence-electron chi connectivity index (χ3n) is 7.10. The molecular weight excluding hydrogens is 455 g/mol. The van der Waals surface area contributed by atoms with Crippen LogP contribution in [0.3, 0.4) is 0 Å². The summed E-state index contributed by atoms with van der Waals surface area (Å²) in [6.45, 7) is 6.77. The van der Waals surface area contributed by atoms with Gasteiger partial charge in [-0.25, -0.2) is 0 Å². The average molecular weight is 491 g/mol. The van der Waals surface area contributed by atoms with Gasteiger partial charge in [-0.2, -0.15) is 0 Å². The van der Waals surface area contributed by atoms with Crippen LogP contribution in [0.4, 0.5) is 9.80 Å². The summed E-state index contributed by atoms with van der Waals surface area (Å²) in [6, 6.07) is 5.79. The summed E-state index contributed by atoms with van der Waals surface area (Å²) >= 11 is 0. The molecular formula is C24H35FN4O4Si. The number of anilines is 1. The molecule has 1 amide bonds. The Morgan fingerprint density at radius 1 is 1.38 bits per heavy atom. The number of methoxy groups -OCH3 is 1. The van der Waals surface area contributed by atoms with Crippen molar-refractivity contribution in [3.05, 3.63) is 35.7 Å². The Morgan fingerprint density at radius 3 is 2.82 bits per heavy atom. The van der Waals surface area contributed by atoms with Crippen molar-refractivity contribution in [2.75, 3.05) is 25.2 Å². The van der Waals surface area contributed by atoms with Gasteiger partial charge in [0, 0.05) is 68.6 Å². The first-order valence-electron chi connectivity index (χ1n) is 12.1. The van der Waals surface area contributed by atoms with Crippen molar-refractivity contribution in [3.8, 4) is 5.75 Å². The number of hydrogen-bond donors (Lipinski definition) is 1. The lowest BCUT2D eigenvalue weighted by Gasteiger charge is -2.43. The molecule has 2 aromatic rings. The Hall–Kier alpha value is -2.30. The molecule has 0 saturated carbocycles. The van der Waals surface area contributed by atoms with Crippen molar-refractivity contribution >= 4 is 20.0 Å². The maximum atomic E-state index is 15.7. The predicted octanol–water partition coefficient (Wildman–Crippen LogP) is 3.66. The number of aliphatic hydroxyl groups is 1. The van der Waals surface area contributed by atoms with E-state index in [0.29, 0.717) is 31.6 Å². The lowest BCUT2D eigenvalue weighted by atomic mass is 9.86. The van der Waals surface area contributed by atoms with E-state index in [4.69, 9.17) is 14.6 Å². The molecule has 0 aliphatic carbocycles. The molecule has 1 aromatic heterocycles. The molecule has 2 aliphatic heterocycles. The Labute approximate surface area is 201 Å². The third kappa shape index (κ3) is 5.03. The van der Waals surface area contributed by atoms with Crippen LogP contribution >= 0.6 is 0 Å². The number of ether oxygens (including phenoxy) is 2. The maximum absolute atomic E-state index is 15.7. The maximum Gasteiger partial charge on any atom is 0.247 e. The monoisotopic (exact) mass is 490 g/mol. The highest BCUT2D eigenvalue weighted by atomic mass is 28.4. The molecule has 10 heteroatoms. The quantitative estimate of drug-likeness (QED) is 0.426. The largest absolute Gasteiger partial charge is 0.490 e. The van der Waals surface area contributed by atoms with E-state index < -0.39 is 8.41 Å². The fraction of sp³-hybridized carbons (Fsp3) is 0.625. The lowest BCUT2D eigenvalue weighted by molar-refractivity contribution is -0.117. The molecule has 4 atom stereocenters. The number of benzene rings is 1. The summed E-state index contributed by atoms with van der Waals surface area (Å²) in [7, 11) is -1.45. The number of carbonyl (C=O) groups excluding carboxylic acids is 1. The van der Waals surface area contributed by atoms with Gasteiger partial charge in [0.25, 0.3) is 0 Å². The molecule has 1 saturated heterocycles. The highest BCUT2D eigenvalue weighted by Crippen LogP contribution is 2.48. The molecule has 34 heavy (non-hydrogen) atoms. The van der Waals surface area contributed by atoms with Crippen molar-refractivity contribution in [1.29, 1.82) is 0 Å². The van der Waals surface area contributed by atoms with E-state index >= 15 is 4.11 Å². The Bertz CT molecular complexity index is 1010. The summed E-state index contributed by atoms with van der Waals surface area (Å²) < 4.78 is 29.8. The predicted molar refractivity (Wildman–Crippen MR) is 129 cm³/mol. The van der Waals surface area contributed by atoms with Gasteiger partial charge in [-0.15, -0.1) is 5.10 Å². The minimum absolute atomic E-state index is 0.0185. The van der Waals surface area contributed by atoms with Gasteiger partial charge < -0.3 is 23.6 Å². The second kappa shape index (κ2) is 10.1. The van der Waals surface area contributed by atoms with E-state index in [1.54, 1.807) is 31.1 Å². The normalized spacial score (nSPS) is 23.6. The van der Waals surface area contributed by atoms with Crippen LogP contribution in [0.2, 0.25) is 18.6 Å². The molecule has 3 heterocycles. The number of rotatable bonds is 9. The van der Waals surface area contributed by atoms with E-state index in [1.807, 2.05) is 23.1 Å². The smallest absolute Gasteiger partial charge is 0.247 e. The molecule has 1 N–H and O–H groups in total. The fourth-order valence-corrected chi connectivity index (χ4v) is 7.27. The number of carbonyl (C=O) groups is 1. The van der Waals surface area contributed by atoms with Crippen LogP contribution in [0.5, 0.6) is 5.75 Å². The first-order valence-corrected chi connectivity index (χ1v) is 15.0. The second-order valence-corrected chi connectivity index (χ2v) is 13.7. The highest BCUT2D eigenvalue weighted by Gasteiger charge is 2.47. The minimum atomic E-state index is -3.12. The molecule has 1 unspecified atom stereocenters. The van der Waals surface area contributed by atoms with Gasteiger partial charge in [-0.05, 0) is 44.1 Å². The van der Waals surface area contributed by atoms with Crippen LogP contribution in [-0.2, 0) is 22.5 Å². The van der Waals surface area contributed by atoms with E-state index in [-0.39, 0.29) is 36.2 Å². The average Bonchev–Trinajstić information content (AvgIpc) is 3.42. The van der Waals surface area contributed by atoms with Crippen LogP contribution in [0.1, 0.15) is 43.5 Å². The molecule has 0 bridgehead atoms. The lowest BCUT2D eigenvalue weighted by Crippen LogP contribution is -2.46. The number of halogens is 1. The number of aryl methyl sites for hydroxylation is 1. The zero-order valence-electron chi connectivity index (χ0n) is 20.4. The number of hydrogen-bond acceptors (Lipinski definition) is 6. The Balaban J connectivity index is 1.57. The van der Waals surface area contributed by atoms with Crippen LogP contribution in [-0.4, -0.2) is 60.8 Å². The molecule has 2 aliphatic rings. The molecule has 1 aromatic carbocycles. The third-order valence-corrected chi connectivity index (χ3v) is 9.48. The minimum Gasteiger partial charge on any atom is -0.490 e. The summed E-state index contributed by atoms with van der Waals surface area (Å²) in [6.07, 6.45) is 3.66. The SMILES string of the molecule is CO[C@H]1c2cc(N3CCCC3=O)ccc2O[C@@H](C(CCn2cc(CCO)nn2)[Si](C)(C)F)[C@@H]1C. The van der Waals surface area contributed by atoms with Crippen LogP contribution in [0.15, 0.2) is 24.4 Å². The summed E-state index contributed by atoms with van der Waals surface area (Å²) in [5.41, 5.74) is 2.21. The molecule has 0 spiro atoms. The van der Waals surface area contributed by atoms with Crippen molar-refractivity contribution in [1.82, 2.24) is 15.0 Å². The van der Waals surface area contributed by atoms with Crippen LogP contribution < -0.4 is 9.64 Å². The van der Waals surface area contributed by atoms with Gasteiger partial charge in [-0.3, -0.25) is 9.48 Å². The number of nitrogens with zero attached hydrogens (tertiary/aromatic N) is 4. The number of aromatic nitrogens is 3. The molecule has 0 radical (unpaired) electrons. The van der Waals surface area contributed by atoms with Gasteiger partial charge in [0.1, 0.15) is 11.9 Å². The fourth-order valence-electron chi connectivity index (χ4n) is 5.30. The van der Waals surface area contributed by atoms with Gasteiger partial charge in [-0.1, -0.05) is 12.1 Å². The summed E-state index contributed by atoms with van der Waals surface area (Å²) in [5, 5.41) is 17.3. The van der Waals surface area contributed by atoms with Gasteiger partial charge in [0.15, 0.2) is 0 Å². The van der Waals surface area contributed by atoms with E-state index in [2.05, 4.69) is 17.2 Å². The first kappa shape index (κ1) is 24.8. The number of amides is 1. The van der Waals surface area contributed by atoms with Crippen molar-refractivity contribution in [3.63, 3.8) is 0 Å². The molecule has 1 fully saturated rings. The molecule has 4 rings (SSSR count). The van der Waals surface area contributed by atoms with Crippen molar-refractivity contribution < 1.29 is 23.5 Å². The van der Waals surface area contributed by atoms with E-state index in [9.17, 15) is 4.79 Å². The zero-order valence-corrected chi connectivity index (χ0v) is 21.4. The van der Waals surface area contributed by atoms with Crippen LogP contribution in [0.25, 0.3) is 0 Å². The summed E-state index contributed by atoms with van der Waals surface area (Å²) in [4.78, 5) is 14.1. The van der Waals surface area contributed by atoms with Crippen molar-refractivity contribution in [2.24, 2.45) is 5.92 Å². The Morgan fingerprint density at radius 2 is 2.18 bits per heavy atom. The number of fused-ring (bicyclic) bond motifs is 1. The molecule has 8 nitrogen and oxygen atoms in total. The van der Waals surface area contributed by atoms with Crippen molar-refractivity contribution in [2.45, 2.75) is 70.0 Å². The van der Waals surface area contributed by atoms with E-state index in [0.717, 1.165) is 29.9 Å². The van der Waals surface area contributed by atoms with Gasteiger partial charge in [0.2, 0.25) is 14.3 Å². The second-order valence-electron chi connectivity index (χ2n) is 9.88. The Kier molecular flexibility index (Phi) is 7.39. The van der Waals surface area contributed by atoms with Gasteiger partial charge >= 0.3 is 0 Å². The topological polar surface area (TPSA) is 89.7 Å². The summed E-state index contributed by atoms with van der Waals surface area (Å²) in [5.74, 6) is 0.756. The number of aliphatic hydroxyl groups excluding tert-OH is 1. The molecule has 186 valence electrons. The standard InChI is InChI=1S/C24H35FN4O4Si/c1-16-23(32-2)19-14-18(29-11-5-6-22(29)31)7-8-20(19)33-24(16)21(34(3,4)25)9-12-28-15-17(10-13-30)26-27-28/h7-8,14-16,21,23-24,30H,5-6,9-13H2,1-4H3/t16-,21?,23-,24-/m1/s1. The van der Waals surface area contributed by atoms with E-state index in [1.165, 1.54) is 0 Å². The highest BCUT2D eigenvalue weighted by molar-refractivity contribution is 6.72. The first-order chi connectivity index (χ1) is 16.2. The van der Waals surface area contributed by atoms with Crippen LogP contribution in [0, 0.1) is 5.92 Å².